The number of nitrogens with zero attached hydrogens (tertiary/aromatic N) is 4. The number of para-hydroxylation sites is 2. The quantitative estimate of drug-likeness (QED) is 0.359. The number of rotatable bonds is 5. The first-order valence-electron chi connectivity index (χ1n) is 10.6. The van der Waals surface area contributed by atoms with E-state index in [4.69, 9.17) is 9.72 Å². The van der Waals surface area contributed by atoms with E-state index < -0.39 is 17.9 Å². The molecule has 0 saturated heterocycles. The molecule has 0 aliphatic carbocycles. The molecule has 0 fully saturated rings. The summed E-state index contributed by atoms with van der Waals surface area (Å²) in [5.41, 5.74) is 3.30. The van der Waals surface area contributed by atoms with E-state index in [1.54, 1.807) is 30.3 Å². The summed E-state index contributed by atoms with van der Waals surface area (Å²) in [6, 6.07) is 20.4. The van der Waals surface area contributed by atoms with Gasteiger partial charge in [-0.1, -0.05) is 48.5 Å². The Morgan fingerprint density at radius 3 is 2.56 bits per heavy atom. The second-order valence-electron chi connectivity index (χ2n) is 7.64. The molecular weight excluding hydrogens is 404 g/mol. The molecule has 4 aromatic rings. The largest absolute Gasteiger partial charge is 0.465 e. The molecule has 1 aliphatic heterocycles. The highest BCUT2D eigenvalue weighted by Crippen LogP contribution is 2.41. The number of esters is 1. The van der Waals surface area contributed by atoms with Gasteiger partial charge in [-0.05, 0) is 36.2 Å². The molecule has 0 saturated carbocycles. The highest BCUT2D eigenvalue weighted by atomic mass is 16.5. The third-order valence-corrected chi connectivity index (χ3v) is 5.69. The van der Waals surface area contributed by atoms with Crippen molar-refractivity contribution >= 4 is 28.9 Å². The molecule has 3 heterocycles. The molecule has 2 aromatic carbocycles. The van der Waals surface area contributed by atoms with Crippen molar-refractivity contribution in [2.24, 2.45) is 5.92 Å². The lowest BCUT2D eigenvalue weighted by Gasteiger charge is -2.37. The number of fused-ring (bicyclic) bond motifs is 3. The van der Waals surface area contributed by atoms with E-state index in [0.29, 0.717) is 12.5 Å². The van der Waals surface area contributed by atoms with Crippen LogP contribution < -0.4 is 4.90 Å². The van der Waals surface area contributed by atoms with Crippen molar-refractivity contribution in [1.29, 1.82) is 0 Å². The maximum absolute atomic E-state index is 13.8. The van der Waals surface area contributed by atoms with Gasteiger partial charge in [0, 0.05) is 12.4 Å². The number of benzene rings is 2. The van der Waals surface area contributed by atoms with E-state index in [1.807, 2.05) is 65.2 Å². The van der Waals surface area contributed by atoms with Gasteiger partial charge in [0.25, 0.3) is 0 Å². The van der Waals surface area contributed by atoms with Crippen molar-refractivity contribution in [1.82, 2.24) is 14.5 Å². The van der Waals surface area contributed by atoms with Crippen LogP contribution in [0.1, 0.15) is 24.1 Å². The number of carbonyl (C=O) groups is 2. The predicted molar refractivity (Wildman–Crippen MR) is 120 cm³/mol. The molecule has 7 heteroatoms. The molecule has 0 spiro atoms. The minimum absolute atomic E-state index is 0.193. The second-order valence-corrected chi connectivity index (χ2v) is 7.64. The summed E-state index contributed by atoms with van der Waals surface area (Å²) in [4.78, 5) is 37.6. The van der Waals surface area contributed by atoms with Gasteiger partial charge in [-0.25, -0.2) is 4.98 Å². The highest BCUT2D eigenvalue weighted by molar-refractivity contribution is 6.08. The molecule has 32 heavy (non-hydrogen) atoms. The number of imidazole rings is 1. The first-order chi connectivity index (χ1) is 15.7. The summed E-state index contributed by atoms with van der Waals surface area (Å²) < 4.78 is 7.34. The van der Waals surface area contributed by atoms with Crippen LogP contribution in [0.15, 0.2) is 79.1 Å². The molecule has 0 bridgehead atoms. The van der Waals surface area contributed by atoms with Crippen LogP contribution in [-0.4, -0.2) is 33.0 Å². The zero-order chi connectivity index (χ0) is 22.1. The van der Waals surface area contributed by atoms with E-state index in [1.165, 1.54) is 0 Å². The van der Waals surface area contributed by atoms with Gasteiger partial charge in [-0.2, -0.15) is 0 Å². The highest BCUT2D eigenvalue weighted by Gasteiger charge is 2.47. The standard InChI is InChI=1S/C25H22N4O3/c1-2-32-24(31)21-22(18-11-8-14-26-15-18)29-20-13-7-6-12-19(20)27-25(29)28(23(21)30)16-17-9-4-3-5-10-17/h3-15,21-22H,2,16H2,1H3/t21-,22-/m1/s1. The van der Waals surface area contributed by atoms with E-state index in [0.717, 1.165) is 22.2 Å². The fourth-order valence-electron chi connectivity index (χ4n) is 4.32. The lowest BCUT2D eigenvalue weighted by molar-refractivity contribution is -0.153. The van der Waals surface area contributed by atoms with Gasteiger partial charge in [-0.15, -0.1) is 0 Å². The van der Waals surface area contributed by atoms with Crippen molar-refractivity contribution in [2.45, 2.75) is 19.5 Å². The SMILES string of the molecule is CCOC(=O)[C@H]1C(=O)N(Cc2ccccc2)c2nc3ccccc3n2[C@@H]1c1cccnc1. The molecule has 1 amide bonds. The van der Waals surface area contributed by atoms with Crippen molar-refractivity contribution in [2.75, 3.05) is 11.5 Å². The molecule has 5 rings (SSSR count). The van der Waals surface area contributed by atoms with Crippen molar-refractivity contribution in [3.05, 3.63) is 90.3 Å². The average molecular weight is 426 g/mol. The van der Waals surface area contributed by atoms with Gasteiger partial charge in [-0.3, -0.25) is 19.5 Å². The molecule has 7 nitrogen and oxygen atoms in total. The number of carbonyl (C=O) groups excluding carboxylic acids is 2. The molecule has 2 aromatic heterocycles. The van der Waals surface area contributed by atoms with Crippen LogP contribution in [0.25, 0.3) is 11.0 Å². The molecule has 0 radical (unpaired) electrons. The van der Waals surface area contributed by atoms with Crippen LogP contribution in [0, 0.1) is 5.92 Å². The maximum atomic E-state index is 13.8. The molecule has 0 unspecified atom stereocenters. The van der Waals surface area contributed by atoms with Crippen molar-refractivity contribution in [3.63, 3.8) is 0 Å². The predicted octanol–water partition coefficient (Wildman–Crippen LogP) is 3.75. The second kappa shape index (κ2) is 8.26. The van der Waals surface area contributed by atoms with E-state index in [-0.39, 0.29) is 12.5 Å². The summed E-state index contributed by atoms with van der Waals surface area (Å²) in [5.74, 6) is -1.42. The van der Waals surface area contributed by atoms with Gasteiger partial charge < -0.3 is 9.30 Å². The number of pyridine rings is 1. The first-order valence-corrected chi connectivity index (χ1v) is 10.6. The van der Waals surface area contributed by atoms with Gasteiger partial charge in [0.1, 0.15) is 0 Å². The van der Waals surface area contributed by atoms with Crippen LogP contribution in [0.5, 0.6) is 0 Å². The zero-order valence-corrected chi connectivity index (χ0v) is 17.6. The first kappa shape index (κ1) is 19.9. The smallest absolute Gasteiger partial charge is 0.321 e. The van der Waals surface area contributed by atoms with Crippen LogP contribution in [0.2, 0.25) is 0 Å². The Morgan fingerprint density at radius 2 is 1.81 bits per heavy atom. The third-order valence-electron chi connectivity index (χ3n) is 5.69. The van der Waals surface area contributed by atoms with Crippen molar-refractivity contribution < 1.29 is 14.3 Å². The van der Waals surface area contributed by atoms with Gasteiger partial charge in [0.2, 0.25) is 11.9 Å². The van der Waals surface area contributed by atoms with Crippen molar-refractivity contribution in [3.8, 4) is 0 Å². The fourth-order valence-corrected chi connectivity index (χ4v) is 4.32. The topological polar surface area (TPSA) is 77.3 Å². The number of ether oxygens (including phenoxy) is 1. The van der Waals surface area contributed by atoms with Gasteiger partial charge >= 0.3 is 5.97 Å². The minimum Gasteiger partial charge on any atom is -0.465 e. The number of amides is 1. The Hall–Kier alpha value is -4.00. The third kappa shape index (κ3) is 3.32. The summed E-state index contributed by atoms with van der Waals surface area (Å²) in [5, 5.41) is 0. The summed E-state index contributed by atoms with van der Waals surface area (Å²) >= 11 is 0. The molecule has 0 N–H and O–H groups in total. The lowest BCUT2D eigenvalue weighted by atomic mass is 9.90. The van der Waals surface area contributed by atoms with E-state index in [2.05, 4.69) is 4.98 Å². The fraction of sp³-hybridized carbons (Fsp3) is 0.200. The van der Waals surface area contributed by atoms with Crippen LogP contribution in [0.3, 0.4) is 0 Å². The summed E-state index contributed by atoms with van der Waals surface area (Å²) in [6.45, 7) is 2.24. The number of hydrogen-bond donors (Lipinski definition) is 0. The van der Waals surface area contributed by atoms with E-state index in [9.17, 15) is 9.59 Å². The lowest BCUT2D eigenvalue weighted by Crippen LogP contribution is -2.49. The molecular formula is C25H22N4O3. The Bertz CT molecular complexity index is 1270. The molecule has 1 aliphatic rings. The minimum atomic E-state index is -1.05. The number of aromatic nitrogens is 3. The monoisotopic (exact) mass is 426 g/mol. The zero-order valence-electron chi connectivity index (χ0n) is 17.6. The van der Waals surface area contributed by atoms with Crippen LogP contribution in [-0.2, 0) is 20.9 Å². The maximum Gasteiger partial charge on any atom is 0.321 e. The average Bonchev–Trinajstić information content (AvgIpc) is 3.21. The number of anilines is 1. The Labute approximate surface area is 185 Å². The van der Waals surface area contributed by atoms with Gasteiger partial charge in [0.05, 0.1) is 30.2 Å². The van der Waals surface area contributed by atoms with Crippen LogP contribution >= 0.6 is 0 Å². The summed E-state index contributed by atoms with van der Waals surface area (Å²) in [7, 11) is 0. The summed E-state index contributed by atoms with van der Waals surface area (Å²) in [6.07, 6.45) is 3.36. The molecule has 2 atom stereocenters. The Balaban J connectivity index is 1.75. The van der Waals surface area contributed by atoms with Crippen LogP contribution in [0.4, 0.5) is 5.95 Å². The Morgan fingerprint density at radius 1 is 1.03 bits per heavy atom. The molecule has 160 valence electrons. The Kier molecular flexibility index (Phi) is 5.15. The number of hydrogen-bond acceptors (Lipinski definition) is 5. The normalized spacial score (nSPS) is 17.9. The van der Waals surface area contributed by atoms with E-state index >= 15 is 0 Å². The van der Waals surface area contributed by atoms with Gasteiger partial charge in [0.15, 0.2) is 5.92 Å².